The number of imidazole rings is 1. The van der Waals surface area contributed by atoms with E-state index >= 15 is 0 Å². The van der Waals surface area contributed by atoms with Gasteiger partial charge in [0, 0.05) is 5.39 Å². The van der Waals surface area contributed by atoms with E-state index in [4.69, 9.17) is 9.15 Å². The molecule has 32 heavy (non-hydrogen) atoms. The molecule has 1 N–H and O–H groups in total. The zero-order valence-corrected chi connectivity index (χ0v) is 16.8. The molecule has 5 nitrogen and oxygen atoms in total. The summed E-state index contributed by atoms with van der Waals surface area (Å²) in [4.78, 5) is 12.4. The van der Waals surface area contributed by atoms with Gasteiger partial charge < -0.3 is 14.1 Å². The Morgan fingerprint density at radius 1 is 0.969 bits per heavy atom. The molecular formula is C24H16F3N3O2. The number of rotatable bonds is 3. The van der Waals surface area contributed by atoms with Crippen LogP contribution in [0.25, 0.3) is 33.4 Å². The molecule has 0 spiro atoms. The van der Waals surface area contributed by atoms with E-state index in [-0.39, 0.29) is 5.55 Å². The van der Waals surface area contributed by atoms with Crippen LogP contribution in [0.2, 0.25) is 0 Å². The largest absolute Gasteiger partial charge is 0.497 e. The zero-order valence-electron chi connectivity index (χ0n) is 16.8. The van der Waals surface area contributed by atoms with Crippen molar-refractivity contribution in [2.24, 2.45) is 4.99 Å². The second kappa shape index (κ2) is 7.56. The molecule has 5 aromatic rings. The number of nitrogens with one attached hydrogen (secondary N) is 1. The van der Waals surface area contributed by atoms with E-state index in [9.17, 15) is 13.2 Å². The normalized spacial score (nSPS) is 12.6. The highest BCUT2D eigenvalue weighted by Crippen LogP contribution is 2.30. The van der Waals surface area contributed by atoms with Crippen molar-refractivity contribution in [1.82, 2.24) is 9.97 Å². The highest BCUT2D eigenvalue weighted by Gasteiger charge is 2.29. The number of fused-ring (bicyclic) bond motifs is 2. The minimum atomic E-state index is -4.41. The molecule has 0 saturated carbocycles. The summed E-state index contributed by atoms with van der Waals surface area (Å²) in [6, 6.07) is 19.4. The molecule has 0 aliphatic rings. The molecule has 2 heterocycles. The third kappa shape index (κ3) is 3.71. The number of ether oxygens (including phenoxy) is 1. The van der Waals surface area contributed by atoms with Gasteiger partial charge in [0.2, 0.25) is 5.55 Å². The first-order valence-electron chi connectivity index (χ1n) is 9.70. The number of para-hydroxylation sites is 2. The Hall–Kier alpha value is -4.07. The van der Waals surface area contributed by atoms with E-state index in [0.29, 0.717) is 28.4 Å². The Balaban J connectivity index is 1.72. The number of methoxy groups -OCH3 is 1. The van der Waals surface area contributed by atoms with Gasteiger partial charge >= 0.3 is 6.18 Å². The highest BCUT2D eigenvalue weighted by molar-refractivity contribution is 5.84. The summed E-state index contributed by atoms with van der Waals surface area (Å²) in [5.41, 5.74) is 2.55. The molecule has 5 rings (SSSR count). The SMILES string of the molecule is COc1ccc2oc(=Nc3ccc(C(F)(F)F)cc3)c(-c3nc4ccccc4[nH]3)cc2c1. The maximum atomic E-state index is 12.9. The first-order chi connectivity index (χ1) is 15.4. The van der Waals surface area contributed by atoms with Crippen LogP contribution in [0.3, 0.4) is 0 Å². The van der Waals surface area contributed by atoms with Gasteiger partial charge in [0.1, 0.15) is 17.2 Å². The van der Waals surface area contributed by atoms with Crippen molar-refractivity contribution in [3.63, 3.8) is 0 Å². The molecule has 3 aromatic carbocycles. The lowest BCUT2D eigenvalue weighted by Crippen LogP contribution is -2.07. The minimum absolute atomic E-state index is 0.224. The van der Waals surface area contributed by atoms with E-state index in [1.54, 1.807) is 19.2 Å². The number of aromatic amines is 1. The molecule has 2 aromatic heterocycles. The zero-order chi connectivity index (χ0) is 22.3. The van der Waals surface area contributed by atoms with Gasteiger partial charge in [-0.15, -0.1) is 0 Å². The molecule has 0 unspecified atom stereocenters. The summed E-state index contributed by atoms with van der Waals surface area (Å²) in [6.07, 6.45) is -4.41. The number of H-pyrrole nitrogens is 1. The Morgan fingerprint density at radius 3 is 2.47 bits per heavy atom. The van der Waals surface area contributed by atoms with Crippen LogP contribution >= 0.6 is 0 Å². The predicted molar refractivity (Wildman–Crippen MR) is 115 cm³/mol. The van der Waals surface area contributed by atoms with Crippen molar-refractivity contribution in [2.75, 3.05) is 7.11 Å². The summed E-state index contributed by atoms with van der Waals surface area (Å²) >= 11 is 0. The van der Waals surface area contributed by atoms with Gasteiger partial charge in [-0.1, -0.05) is 12.1 Å². The van der Waals surface area contributed by atoms with Crippen molar-refractivity contribution < 1.29 is 22.3 Å². The molecular weight excluding hydrogens is 419 g/mol. The van der Waals surface area contributed by atoms with Gasteiger partial charge in [-0.3, -0.25) is 0 Å². The number of hydrogen-bond acceptors (Lipinski definition) is 4. The van der Waals surface area contributed by atoms with Crippen LogP contribution in [0.1, 0.15) is 5.56 Å². The second-order valence-corrected chi connectivity index (χ2v) is 7.13. The summed E-state index contributed by atoms with van der Waals surface area (Å²) < 4.78 is 50.0. The second-order valence-electron chi connectivity index (χ2n) is 7.13. The van der Waals surface area contributed by atoms with Gasteiger partial charge in [0.15, 0.2) is 0 Å². The summed E-state index contributed by atoms with van der Waals surface area (Å²) in [5.74, 6) is 1.20. The van der Waals surface area contributed by atoms with E-state index in [2.05, 4.69) is 15.0 Å². The highest BCUT2D eigenvalue weighted by atomic mass is 19.4. The van der Waals surface area contributed by atoms with Crippen molar-refractivity contribution in [2.45, 2.75) is 6.18 Å². The number of nitrogens with zero attached hydrogens (tertiary/aromatic N) is 2. The molecule has 0 saturated heterocycles. The molecule has 0 aliphatic heterocycles. The van der Waals surface area contributed by atoms with Crippen LogP contribution in [-0.2, 0) is 6.18 Å². The lowest BCUT2D eigenvalue weighted by Gasteiger charge is -2.07. The third-order valence-electron chi connectivity index (χ3n) is 5.02. The van der Waals surface area contributed by atoms with Crippen LogP contribution in [0.4, 0.5) is 18.9 Å². The predicted octanol–water partition coefficient (Wildman–Crippen LogP) is 6.24. The summed E-state index contributed by atoms with van der Waals surface area (Å²) in [7, 11) is 1.58. The number of alkyl halides is 3. The number of aromatic nitrogens is 2. The Labute approximate surface area is 179 Å². The lowest BCUT2D eigenvalue weighted by atomic mass is 10.1. The van der Waals surface area contributed by atoms with E-state index in [0.717, 1.165) is 28.6 Å². The maximum Gasteiger partial charge on any atom is 0.416 e. The lowest BCUT2D eigenvalue weighted by molar-refractivity contribution is -0.137. The summed E-state index contributed by atoms with van der Waals surface area (Å²) in [5, 5.41) is 0.770. The van der Waals surface area contributed by atoms with Crippen molar-refractivity contribution in [3.8, 4) is 17.1 Å². The topological polar surface area (TPSA) is 63.4 Å². The van der Waals surface area contributed by atoms with Crippen molar-refractivity contribution >= 4 is 27.7 Å². The number of benzene rings is 3. The maximum absolute atomic E-state index is 12.9. The van der Waals surface area contributed by atoms with Crippen LogP contribution in [0.5, 0.6) is 5.75 Å². The molecule has 0 bridgehead atoms. The van der Waals surface area contributed by atoms with E-state index in [1.165, 1.54) is 12.1 Å². The number of hydrogen-bond donors (Lipinski definition) is 1. The van der Waals surface area contributed by atoms with Crippen LogP contribution in [0.15, 0.2) is 82.2 Å². The standard InChI is InChI=1S/C24H16F3N3O2/c1-31-17-10-11-21-14(12-17)13-18(22-29-19-4-2-3-5-20(19)30-22)23(32-21)28-16-8-6-15(7-9-16)24(25,26)27/h2-13H,1H3,(H,29,30). The van der Waals surface area contributed by atoms with Crippen LogP contribution in [-0.4, -0.2) is 17.1 Å². The third-order valence-corrected chi connectivity index (χ3v) is 5.02. The molecule has 0 amide bonds. The monoisotopic (exact) mass is 435 g/mol. The van der Waals surface area contributed by atoms with Gasteiger partial charge in [0.25, 0.3) is 0 Å². The van der Waals surface area contributed by atoms with Gasteiger partial charge in [-0.05, 0) is 60.7 Å². The minimum Gasteiger partial charge on any atom is -0.497 e. The molecule has 0 fully saturated rings. The van der Waals surface area contributed by atoms with Gasteiger partial charge in [0.05, 0.1) is 35.0 Å². The quantitative estimate of drug-likeness (QED) is 0.365. The first kappa shape index (κ1) is 19.9. The fraction of sp³-hybridized carbons (Fsp3) is 0.0833. The molecule has 160 valence electrons. The van der Waals surface area contributed by atoms with Gasteiger partial charge in [-0.2, -0.15) is 13.2 Å². The Kier molecular flexibility index (Phi) is 4.70. The summed E-state index contributed by atoms with van der Waals surface area (Å²) in [6.45, 7) is 0. The van der Waals surface area contributed by atoms with E-state index in [1.807, 2.05) is 36.4 Å². The average Bonchev–Trinajstić information content (AvgIpc) is 3.22. The molecule has 0 aliphatic carbocycles. The van der Waals surface area contributed by atoms with Crippen molar-refractivity contribution in [1.29, 1.82) is 0 Å². The van der Waals surface area contributed by atoms with Gasteiger partial charge in [-0.25, -0.2) is 9.98 Å². The molecule has 0 radical (unpaired) electrons. The smallest absolute Gasteiger partial charge is 0.416 e. The first-order valence-corrected chi connectivity index (χ1v) is 9.70. The fourth-order valence-electron chi connectivity index (χ4n) is 3.41. The number of halogens is 3. The van der Waals surface area contributed by atoms with Crippen LogP contribution < -0.4 is 10.3 Å². The average molecular weight is 435 g/mol. The molecule has 8 heteroatoms. The Morgan fingerprint density at radius 2 is 1.75 bits per heavy atom. The van der Waals surface area contributed by atoms with Crippen LogP contribution in [0, 0.1) is 0 Å². The van der Waals surface area contributed by atoms with Crippen molar-refractivity contribution in [3.05, 3.63) is 83.9 Å². The van der Waals surface area contributed by atoms with E-state index < -0.39 is 11.7 Å². The fourth-order valence-corrected chi connectivity index (χ4v) is 3.41. The Bertz CT molecular complexity index is 1470. The molecule has 0 atom stereocenters.